The number of anilines is 1. The van der Waals surface area contributed by atoms with Crippen molar-refractivity contribution in [1.29, 1.82) is 0 Å². The highest BCUT2D eigenvalue weighted by Gasteiger charge is 2.32. The molecule has 0 spiro atoms. The van der Waals surface area contributed by atoms with Crippen molar-refractivity contribution in [2.45, 2.75) is 12.3 Å². The molecule has 2 aromatic heterocycles. The van der Waals surface area contributed by atoms with E-state index in [4.69, 9.17) is 9.84 Å². The Morgan fingerprint density at radius 1 is 1.00 bits per heavy atom. The molecule has 0 bridgehead atoms. The van der Waals surface area contributed by atoms with Gasteiger partial charge >= 0.3 is 0 Å². The van der Waals surface area contributed by atoms with Crippen molar-refractivity contribution in [3.05, 3.63) is 88.2 Å². The van der Waals surface area contributed by atoms with Crippen molar-refractivity contribution in [1.82, 2.24) is 20.0 Å². The minimum atomic E-state index is -0.450. The summed E-state index contributed by atoms with van der Waals surface area (Å²) in [6.45, 7) is 0. The monoisotopic (exact) mass is 437 g/mol. The lowest BCUT2D eigenvalue weighted by Crippen LogP contribution is -2.27. The summed E-state index contributed by atoms with van der Waals surface area (Å²) in [6.07, 6.45) is 0.148. The Morgan fingerprint density at radius 2 is 1.85 bits per heavy atom. The highest BCUT2D eigenvalue weighted by atomic mass is 16.5. The average Bonchev–Trinajstić information content (AvgIpc) is 3.28. The molecule has 0 fully saturated rings. The Labute approximate surface area is 187 Å². The Hall–Kier alpha value is -4.46. The molecule has 1 aliphatic heterocycles. The van der Waals surface area contributed by atoms with Crippen LogP contribution in [0.3, 0.4) is 0 Å². The number of ether oxygens (including phenoxy) is 1. The lowest BCUT2D eigenvalue weighted by molar-refractivity contribution is -0.116. The maximum Gasteiger partial charge on any atom is 0.252 e. The molecule has 6 rings (SSSR count). The number of nitrogens with zero attached hydrogens (tertiary/aromatic N) is 3. The van der Waals surface area contributed by atoms with Gasteiger partial charge in [0.25, 0.3) is 5.56 Å². The molecule has 3 heterocycles. The zero-order valence-corrected chi connectivity index (χ0v) is 17.7. The zero-order chi connectivity index (χ0) is 22.5. The zero-order valence-electron chi connectivity index (χ0n) is 17.7. The van der Waals surface area contributed by atoms with Crippen molar-refractivity contribution in [3.8, 4) is 11.4 Å². The summed E-state index contributed by atoms with van der Waals surface area (Å²) in [5, 5.41) is 13.1. The third-order valence-corrected chi connectivity index (χ3v) is 6.05. The summed E-state index contributed by atoms with van der Waals surface area (Å²) in [6, 6.07) is 20.6. The molecule has 8 nitrogen and oxygen atoms in total. The van der Waals surface area contributed by atoms with Crippen LogP contribution in [0.1, 0.15) is 23.5 Å². The first-order chi connectivity index (χ1) is 16.1. The smallest absolute Gasteiger partial charge is 0.252 e. The highest BCUT2D eigenvalue weighted by molar-refractivity contribution is 6.00. The van der Waals surface area contributed by atoms with Crippen LogP contribution in [0.4, 0.5) is 5.69 Å². The second-order valence-corrected chi connectivity index (χ2v) is 8.03. The van der Waals surface area contributed by atoms with E-state index in [1.54, 1.807) is 18.0 Å². The molecule has 0 saturated heterocycles. The van der Waals surface area contributed by atoms with Crippen molar-refractivity contribution in [2.24, 2.45) is 0 Å². The Bertz CT molecular complexity index is 1600. The van der Waals surface area contributed by atoms with Crippen LogP contribution < -0.4 is 15.6 Å². The minimum absolute atomic E-state index is 0.142. The lowest BCUT2D eigenvalue weighted by Gasteiger charge is -2.25. The van der Waals surface area contributed by atoms with Crippen molar-refractivity contribution in [2.75, 3.05) is 12.4 Å². The number of para-hydroxylation sites is 1. The van der Waals surface area contributed by atoms with Gasteiger partial charge in [-0.2, -0.15) is 4.80 Å². The van der Waals surface area contributed by atoms with E-state index in [1.807, 2.05) is 60.7 Å². The Kier molecular flexibility index (Phi) is 4.26. The number of hydrogen-bond donors (Lipinski definition) is 2. The normalized spacial score (nSPS) is 15.4. The standard InChI is InChI=1S/C25H19N5O3/c1-33-16-8-7-14-11-18(25(32)27-21(14)12-16)17-13-22(31)26-19-9-10-20-24(23(17)19)29-30(28-20)15-5-3-2-4-6-15/h2-12,17H,13H2,1H3,(H,26,31)(H,27,32)/t17-/m1/s1. The summed E-state index contributed by atoms with van der Waals surface area (Å²) in [5.74, 6) is 0.0673. The molecule has 0 radical (unpaired) electrons. The molecule has 5 aromatic rings. The number of rotatable bonds is 3. The number of carbonyl (C=O) groups is 1. The molecule has 3 aromatic carbocycles. The maximum atomic E-state index is 13.1. The number of aromatic nitrogens is 4. The maximum absolute atomic E-state index is 13.1. The predicted octanol–water partition coefficient (Wildman–Crippen LogP) is 3.74. The number of fused-ring (bicyclic) bond motifs is 4. The van der Waals surface area contributed by atoms with Gasteiger partial charge in [-0.15, -0.1) is 10.2 Å². The lowest BCUT2D eigenvalue weighted by atomic mass is 9.84. The van der Waals surface area contributed by atoms with Crippen molar-refractivity contribution in [3.63, 3.8) is 0 Å². The molecule has 1 amide bonds. The van der Waals surface area contributed by atoms with Gasteiger partial charge in [-0.05, 0) is 47.9 Å². The minimum Gasteiger partial charge on any atom is -0.497 e. The van der Waals surface area contributed by atoms with Crippen LogP contribution >= 0.6 is 0 Å². The van der Waals surface area contributed by atoms with E-state index >= 15 is 0 Å². The largest absolute Gasteiger partial charge is 0.497 e. The SMILES string of the molecule is COc1ccc2cc([C@H]3CC(=O)Nc4ccc5nn(-c6ccccc6)nc5c43)c(=O)[nH]c2c1. The highest BCUT2D eigenvalue weighted by Crippen LogP contribution is 2.40. The van der Waals surface area contributed by atoms with Gasteiger partial charge in [0.05, 0.1) is 18.3 Å². The van der Waals surface area contributed by atoms with Gasteiger partial charge in [-0.25, -0.2) is 0 Å². The molecular formula is C25H19N5O3. The van der Waals surface area contributed by atoms with Crippen molar-refractivity contribution >= 4 is 33.5 Å². The van der Waals surface area contributed by atoms with Gasteiger partial charge in [0, 0.05) is 35.2 Å². The topological polar surface area (TPSA) is 102 Å². The van der Waals surface area contributed by atoms with Crippen LogP contribution in [0.15, 0.2) is 71.5 Å². The molecular weight excluding hydrogens is 418 g/mol. The molecule has 2 N–H and O–H groups in total. The number of carbonyl (C=O) groups excluding carboxylic acids is 1. The van der Waals surface area contributed by atoms with E-state index in [-0.39, 0.29) is 17.9 Å². The van der Waals surface area contributed by atoms with Crippen LogP contribution in [-0.4, -0.2) is 33.0 Å². The number of aromatic amines is 1. The van der Waals surface area contributed by atoms with Crippen LogP contribution in [0, 0.1) is 0 Å². The summed E-state index contributed by atoms with van der Waals surface area (Å²) in [5.41, 5.74) is 4.59. The number of pyridine rings is 1. The van der Waals surface area contributed by atoms with Crippen LogP contribution in [0.25, 0.3) is 27.6 Å². The summed E-state index contributed by atoms with van der Waals surface area (Å²) in [4.78, 5) is 30.2. The fourth-order valence-electron chi connectivity index (χ4n) is 4.48. The number of amides is 1. The molecule has 0 aliphatic carbocycles. The molecule has 1 atom stereocenters. The predicted molar refractivity (Wildman–Crippen MR) is 125 cm³/mol. The van der Waals surface area contributed by atoms with Gasteiger partial charge in [-0.3, -0.25) is 9.59 Å². The average molecular weight is 437 g/mol. The Morgan fingerprint density at radius 3 is 2.67 bits per heavy atom. The van der Waals surface area contributed by atoms with Gasteiger partial charge in [0.2, 0.25) is 5.91 Å². The van der Waals surface area contributed by atoms with Crippen LogP contribution in [-0.2, 0) is 4.79 Å². The number of nitrogens with one attached hydrogen (secondary N) is 2. The first-order valence-electron chi connectivity index (χ1n) is 10.6. The van der Waals surface area contributed by atoms with E-state index in [0.717, 1.165) is 16.6 Å². The number of benzene rings is 3. The number of methoxy groups -OCH3 is 1. The fraction of sp³-hybridized carbons (Fsp3) is 0.120. The quantitative estimate of drug-likeness (QED) is 0.448. The molecule has 33 heavy (non-hydrogen) atoms. The molecule has 1 aliphatic rings. The third kappa shape index (κ3) is 3.15. The Balaban J connectivity index is 1.56. The van der Waals surface area contributed by atoms with E-state index in [1.165, 1.54) is 0 Å². The van der Waals surface area contributed by atoms with E-state index < -0.39 is 5.92 Å². The second kappa shape index (κ2) is 7.30. The molecule has 8 heteroatoms. The summed E-state index contributed by atoms with van der Waals surface area (Å²) >= 11 is 0. The first kappa shape index (κ1) is 19.2. The number of H-pyrrole nitrogens is 1. The fourth-order valence-corrected chi connectivity index (χ4v) is 4.48. The number of hydrogen-bond acceptors (Lipinski definition) is 5. The first-order valence-corrected chi connectivity index (χ1v) is 10.6. The van der Waals surface area contributed by atoms with Gasteiger partial charge in [-0.1, -0.05) is 18.2 Å². The molecule has 162 valence electrons. The molecule has 0 saturated carbocycles. The van der Waals surface area contributed by atoms with Crippen LogP contribution in [0.5, 0.6) is 5.75 Å². The summed E-state index contributed by atoms with van der Waals surface area (Å²) in [7, 11) is 1.58. The van der Waals surface area contributed by atoms with E-state index in [9.17, 15) is 9.59 Å². The van der Waals surface area contributed by atoms with Crippen LogP contribution in [0.2, 0.25) is 0 Å². The third-order valence-electron chi connectivity index (χ3n) is 6.05. The van der Waals surface area contributed by atoms with Gasteiger partial charge in [0.1, 0.15) is 16.8 Å². The van der Waals surface area contributed by atoms with E-state index in [2.05, 4.69) is 15.4 Å². The van der Waals surface area contributed by atoms with Gasteiger partial charge < -0.3 is 15.0 Å². The van der Waals surface area contributed by atoms with Gasteiger partial charge in [0.15, 0.2) is 0 Å². The second-order valence-electron chi connectivity index (χ2n) is 8.03. The molecule has 0 unspecified atom stereocenters. The van der Waals surface area contributed by atoms with Crippen molar-refractivity contribution < 1.29 is 9.53 Å². The van der Waals surface area contributed by atoms with E-state index in [0.29, 0.717) is 33.6 Å². The summed E-state index contributed by atoms with van der Waals surface area (Å²) < 4.78 is 5.26.